The van der Waals surface area contributed by atoms with Gasteiger partial charge in [-0.15, -0.1) is 20.2 Å². The quantitative estimate of drug-likeness (QED) is 0.280. The lowest BCUT2D eigenvalue weighted by Gasteiger charge is -2.40. The minimum absolute atomic E-state index is 0.0235. The fourth-order valence-corrected chi connectivity index (χ4v) is 8.83. The summed E-state index contributed by atoms with van der Waals surface area (Å²) in [5, 5.41) is 16.2. The van der Waals surface area contributed by atoms with Crippen LogP contribution >= 0.6 is 11.3 Å². The second-order valence-electron chi connectivity index (χ2n) is 12.8. The molecule has 13 heteroatoms. The Morgan fingerprint density at radius 1 is 0.894 bits per heavy atom. The van der Waals surface area contributed by atoms with Crippen molar-refractivity contribution in [2.45, 2.75) is 76.2 Å². The molecular formula is C34H47N9O2S2. The Labute approximate surface area is 284 Å². The van der Waals surface area contributed by atoms with E-state index in [1.807, 2.05) is 42.5 Å². The van der Waals surface area contributed by atoms with Gasteiger partial charge < -0.3 is 20.4 Å². The molecule has 3 N–H and O–H groups in total. The van der Waals surface area contributed by atoms with Crippen LogP contribution in [0.5, 0.6) is 0 Å². The van der Waals surface area contributed by atoms with Gasteiger partial charge in [-0.25, -0.2) is 0 Å². The zero-order chi connectivity index (χ0) is 32.4. The second-order valence-corrected chi connectivity index (χ2v) is 15.4. The topological polar surface area (TPSA) is 118 Å². The summed E-state index contributed by atoms with van der Waals surface area (Å²) in [6, 6.07) is 18.3. The Morgan fingerprint density at radius 3 is 2.36 bits per heavy atom. The largest absolute Gasteiger partial charge is 0.372 e. The molecule has 2 amide bonds. The van der Waals surface area contributed by atoms with Crippen molar-refractivity contribution < 1.29 is 9.59 Å². The molecule has 0 spiro atoms. The predicted octanol–water partition coefficient (Wildman–Crippen LogP) is 4.83. The van der Waals surface area contributed by atoms with E-state index in [1.54, 1.807) is 0 Å². The molecule has 3 fully saturated rings. The van der Waals surface area contributed by atoms with Gasteiger partial charge in [-0.2, -0.15) is 4.41 Å². The first-order valence-electron chi connectivity index (χ1n) is 16.9. The van der Waals surface area contributed by atoms with Crippen molar-refractivity contribution in [1.82, 2.24) is 30.4 Å². The van der Waals surface area contributed by atoms with Gasteiger partial charge in [0, 0.05) is 41.6 Å². The summed E-state index contributed by atoms with van der Waals surface area (Å²) in [6.45, 7) is 4.83. The first-order chi connectivity index (χ1) is 23.0. The van der Waals surface area contributed by atoms with E-state index in [0.29, 0.717) is 29.9 Å². The molecule has 1 aliphatic carbocycles. The monoisotopic (exact) mass is 677 g/mol. The van der Waals surface area contributed by atoms with Gasteiger partial charge in [-0.05, 0) is 88.3 Å². The molecule has 2 unspecified atom stereocenters. The molecule has 0 bridgehead atoms. The summed E-state index contributed by atoms with van der Waals surface area (Å²) in [7, 11) is 1.78. The van der Waals surface area contributed by atoms with Crippen molar-refractivity contribution in [3.8, 4) is 0 Å². The molecule has 3 aromatic rings. The first kappa shape index (κ1) is 33.7. The molecule has 2 aromatic carbocycles. The maximum Gasteiger partial charge on any atom is 0.230 e. The van der Waals surface area contributed by atoms with E-state index < -0.39 is 10.9 Å². The summed E-state index contributed by atoms with van der Waals surface area (Å²) in [5.41, 5.74) is 6.35. The summed E-state index contributed by atoms with van der Waals surface area (Å²) < 4.78 is 6.65. The fourth-order valence-electron chi connectivity index (χ4n) is 6.60. The van der Waals surface area contributed by atoms with E-state index in [0.717, 1.165) is 54.9 Å². The number of hydrogen-bond acceptors (Lipinski definition) is 10. The lowest BCUT2D eigenvalue weighted by Crippen LogP contribution is -2.55. The van der Waals surface area contributed by atoms with Crippen LogP contribution < -0.4 is 21.1 Å². The lowest BCUT2D eigenvalue weighted by atomic mass is 9.86. The van der Waals surface area contributed by atoms with Gasteiger partial charge in [-0.3, -0.25) is 9.59 Å². The van der Waals surface area contributed by atoms with Crippen LogP contribution in [0.3, 0.4) is 0 Å². The number of nitrogens with zero attached hydrogens (tertiary/aromatic N) is 6. The second kappa shape index (κ2) is 16.7. The van der Waals surface area contributed by atoms with Crippen molar-refractivity contribution in [3.05, 3.63) is 70.7 Å². The molecule has 1 aromatic heterocycles. The Balaban J connectivity index is 0.000000580. The molecule has 4 aliphatic rings. The number of hydrogen-bond donors (Lipinski definition) is 3. The number of carbonyl (C=O) groups is 2. The zero-order valence-electron chi connectivity index (χ0n) is 27.3. The standard InChI is InChI=1S/C29H36N8O2S2.C5H11N/c38-26(18-22-10-6-12-24(16-22)36-14-4-5-15-36)30-20-41-35-34-37(41)25-13-7-11-23(19-25)28-32-33-29(40-28)31-27(39)17-21-8-2-1-3-9-21;1-6-4-2-3-5-6/h1-3,6,8-10,12,16,23,25,34H,4-5,7,11,13-15,17-20H2,(H,30,38)(H,31,33,39);2-5H2,1H3/t23?,25-,41?;/m0./s1. The molecule has 3 atom stereocenters. The summed E-state index contributed by atoms with van der Waals surface area (Å²) in [5.74, 6) is 0.735. The van der Waals surface area contributed by atoms with Gasteiger partial charge in [-0.1, -0.05) is 60.2 Å². The van der Waals surface area contributed by atoms with Crippen LogP contribution in [0.2, 0.25) is 0 Å². The third kappa shape index (κ3) is 9.66. The highest BCUT2D eigenvalue weighted by Crippen LogP contribution is 2.38. The third-order valence-corrected chi connectivity index (χ3v) is 11.7. The van der Waals surface area contributed by atoms with Crippen LogP contribution in [0.25, 0.3) is 0 Å². The van der Waals surface area contributed by atoms with E-state index in [2.05, 4.69) is 64.2 Å². The van der Waals surface area contributed by atoms with E-state index >= 15 is 0 Å². The van der Waals surface area contributed by atoms with Crippen molar-refractivity contribution in [3.63, 3.8) is 0 Å². The molecule has 11 nitrogen and oxygen atoms in total. The van der Waals surface area contributed by atoms with Crippen molar-refractivity contribution >= 4 is 44.8 Å². The van der Waals surface area contributed by atoms with E-state index in [4.69, 9.17) is 0 Å². The van der Waals surface area contributed by atoms with Gasteiger partial charge in [0.25, 0.3) is 0 Å². The highest BCUT2D eigenvalue weighted by molar-refractivity contribution is 7.85. The van der Waals surface area contributed by atoms with Crippen LogP contribution in [-0.4, -0.2) is 76.5 Å². The first-order valence-corrected chi connectivity index (χ1v) is 19.1. The minimum atomic E-state index is -0.393. The Bertz CT molecular complexity index is 1510. The summed E-state index contributed by atoms with van der Waals surface area (Å²) in [6.07, 6.45) is 10.1. The predicted molar refractivity (Wildman–Crippen MR) is 190 cm³/mol. The number of hydrazine groups is 1. The summed E-state index contributed by atoms with van der Waals surface area (Å²) in [4.78, 5) is 29.9. The van der Waals surface area contributed by atoms with Crippen LogP contribution in [0, 0.1) is 0 Å². The van der Waals surface area contributed by atoms with Crippen LogP contribution in [-0.2, 0) is 33.3 Å². The lowest BCUT2D eigenvalue weighted by molar-refractivity contribution is -0.120. The zero-order valence-corrected chi connectivity index (χ0v) is 28.9. The van der Waals surface area contributed by atoms with Crippen LogP contribution in [0.4, 0.5) is 10.8 Å². The Morgan fingerprint density at radius 2 is 1.64 bits per heavy atom. The SMILES string of the molecule is CN1CCCC1.O=C(Cc1cccc(N2CCCC2)c1)NCS1=NNN1[C@H]1CCCC(c2nnc(NC(=O)Cc3ccccc3)s2)C1. The van der Waals surface area contributed by atoms with Crippen molar-refractivity contribution in [1.29, 1.82) is 0 Å². The highest BCUT2D eigenvalue weighted by atomic mass is 32.2. The number of aromatic nitrogens is 2. The number of carbonyl (C=O) groups excluding carboxylic acids is 2. The Hall–Kier alpha value is -3.23. The smallest absolute Gasteiger partial charge is 0.230 e. The maximum atomic E-state index is 12.7. The third-order valence-electron chi connectivity index (χ3n) is 9.17. The van der Waals surface area contributed by atoms with Crippen LogP contribution in [0.15, 0.2) is 59.1 Å². The number of rotatable bonds is 10. The van der Waals surface area contributed by atoms with E-state index in [-0.39, 0.29) is 17.7 Å². The number of anilines is 2. The average Bonchev–Trinajstić information content (AvgIpc) is 3.86. The van der Waals surface area contributed by atoms with Gasteiger partial charge in [0.15, 0.2) is 0 Å². The van der Waals surface area contributed by atoms with Gasteiger partial charge in [0.2, 0.25) is 16.9 Å². The maximum absolute atomic E-state index is 12.7. The molecule has 1 saturated carbocycles. The van der Waals surface area contributed by atoms with Crippen LogP contribution in [0.1, 0.15) is 73.4 Å². The molecule has 2 saturated heterocycles. The van der Waals surface area contributed by atoms with Gasteiger partial charge in [0.05, 0.1) is 18.7 Å². The molecule has 3 aliphatic heterocycles. The number of benzene rings is 2. The van der Waals surface area contributed by atoms with Gasteiger partial charge in [0.1, 0.15) is 5.01 Å². The fraction of sp³-hybridized carbons (Fsp3) is 0.529. The molecule has 252 valence electrons. The molecule has 0 radical (unpaired) electrons. The normalized spacial score (nSPS) is 22.9. The number of nitrogens with one attached hydrogen (secondary N) is 3. The minimum Gasteiger partial charge on any atom is -0.372 e. The van der Waals surface area contributed by atoms with Gasteiger partial charge >= 0.3 is 0 Å². The number of likely N-dealkylation sites (tertiary alicyclic amines) is 1. The van der Waals surface area contributed by atoms with E-state index in [9.17, 15) is 9.59 Å². The Kier molecular flexibility index (Phi) is 12.0. The molecular weight excluding hydrogens is 631 g/mol. The van der Waals surface area contributed by atoms with E-state index in [1.165, 1.54) is 55.8 Å². The molecule has 4 heterocycles. The highest BCUT2D eigenvalue weighted by Gasteiger charge is 2.34. The molecule has 7 rings (SSSR count). The van der Waals surface area contributed by atoms with Crippen molar-refractivity contribution in [2.75, 3.05) is 49.3 Å². The molecule has 47 heavy (non-hydrogen) atoms. The average molecular weight is 678 g/mol. The number of amides is 2. The summed E-state index contributed by atoms with van der Waals surface area (Å²) >= 11 is 1.47. The van der Waals surface area contributed by atoms with Crippen molar-refractivity contribution in [2.24, 2.45) is 4.47 Å².